The number of para-hydroxylation sites is 1. The van der Waals surface area contributed by atoms with Crippen molar-refractivity contribution in [1.29, 1.82) is 0 Å². The normalized spacial score (nSPS) is 13.7. The highest BCUT2D eigenvalue weighted by atomic mass is 16.5. The lowest BCUT2D eigenvalue weighted by Gasteiger charge is -2.18. The van der Waals surface area contributed by atoms with Crippen LogP contribution in [0.2, 0.25) is 0 Å². The molecule has 162 valence electrons. The number of hydrogen-bond donors (Lipinski definition) is 2. The van der Waals surface area contributed by atoms with Gasteiger partial charge in [0.05, 0.1) is 0 Å². The highest BCUT2D eigenvalue weighted by Crippen LogP contribution is 2.27. The number of hydrogen-bond acceptors (Lipinski definition) is 4. The second-order valence-electron chi connectivity index (χ2n) is 7.36. The number of fused-ring (bicyclic) bond motifs is 1. The van der Waals surface area contributed by atoms with Crippen LogP contribution in [0.4, 0.5) is 5.69 Å². The molecule has 7 nitrogen and oxygen atoms in total. The molecule has 0 radical (unpaired) electrons. The van der Waals surface area contributed by atoms with Crippen LogP contribution in [0.5, 0.6) is 0 Å². The number of methoxy groups -OCH3 is 1. The Bertz CT molecular complexity index is 650. The monoisotopic (exact) mass is 403 g/mol. The number of benzene rings is 1. The minimum absolute atomic E-state index is 0.195. The third-order valence-corrected chi connectivity index (χ3v) is 5.03. The van der Waals surface area contributed by atoms with Gasteiger partial charge in [-0.1, -0.05) is 18.2 Å². The number of amides is 1. The summed E-state index contributed by atoms with van der Waals surface area (Å²) in [6, 6.07) is 8.18. The minimum atomic E-state index is 0.195. The van der Waals surface area contributed by atoms with Gasteiger partial charge in [-0.25, -0.2) is 0 Å². The van der Waals surface area contributed by atoms with Crippen molar-refractivity contribution < 1.29 is 9.53 Å². The summed E-state index contributed by atoms with van der Waals surface area (Å²) in [6.45, 7) is 7.90. The number of guanidine groups is 1. The Hall–Kier alpha value is -2.12. The van der Waals surface area contributed by atoms with Crippen LogP contribution in [-0.2, 0) is 16.0 Å². The molecule has 0 saturated carbocycles. The maximum Gasteiger partial charge on any atom is 0.227 e. The number of rotatable bonds is 12. The molecule has 1 aliphatic heterocycles. The topological polar surface area (TPSA) is 69.2 Å². The third kappa shape index (κ3) is 8.03. The SMILES string of the molecule is CCNC(=NCCCC(=O)N1CCc2ccccc21)NCCN(C)CCCOC. The van der Waals surface area contributed by atoms with E-state index >= 15 is 0 Å². The first-order valence-electron chi connectivity index (χ1n) is 10.7. The van der Waals surface area contributed by atoms with Crippen LogP contribution in [0, 0.1) is 0 Å². The van der Waals surface area contributed by atoms with E-state index in [1.54, 1.807) is 7.11 Å². The molecule has 0 fully saturated rings. The Kier molecular flexibility index (Phi) is 10.5. The number of likely N-dealkylation sites (N-methyl/N-ethyl adjacent to an activating group) is 1. The Morgan fingerprint density at radius 1 is 1.24 bits per heavy atom. The molecule has 0 spiro atoms. The Morgan fingerprint density at radius 2 is 2.07 bits per heavy atom. The van der Waals surface area contributed by atoms with E-state index in [0.717, 1.165) is 70.2 Å². The molecule has 7 heteroatoms. The zero-order chi connectivity index (χ0) is 20.9. The highest BCUT2D eigenvalue weighted by molar-refractivity contribution is 5.95. The maximum atomic E-state index is 12.6. The summed E-state index contributed by atoms with van der Waals surface area (Å²) >= 11 is 0. The first-order chi connectivity index (χ1) is 14.2. The van der Waals surface area contributed by atoms with E-state index in [2.05, 4.69) is 40.6 Å². The molecule has 1 aromatic carbocycles. The lowest BCUT2D eigenvalue weighted by Crippen LogP contribution is -2.41. The molecule has 29 heavy (non-hydrogen) atoms. The number of ether oxygens (including phenoxy) is 1. The number of carbonyl (C=O) groups excluding carboxylic acids is 1. The number of nitrogens with one attached hydrogen (secondary N) is 2. The molecule has 0 unspecified atom stereocenters. The van der Waals surface area contributed by atoms with Crippen molar-refractivity contribution in [1.82, 2.24) is 15.5 Å². The average Bonchev–Trinajstić information content (AvgIpc) is 3.15. The van der Waals surface area contributed by atoms with E-state index in [1.165, 1.54) is 5.56 Å². The zero-order valence-corrected chi connectivity index (χ0v) is 18.2. The first kappa shape index (κ1) is 23.2. The first-order valence-corrected chi connectivity index (χ1v) is 10.7. The van der Waals surface area contributed by atoms with Gasteiger partial charge < -0.3 is 25.2 Å². The summed E-state index contributed by atoms with van der Waals surface area (Å²) in [4.78, 5) is 21.4. The molecule has 1 aliphatic rings. The molecule has 0 aliphatic carbocycles. The second-order valence-corrected chi connectivity index (χ2v) is 7.36. The van der Waals surface area contributed by atoms with Gasteiger partial charge >= 0.3 is 0 Å². The molecule has 1 heterocycles. The minimum Gasteiger partial charge on any atom is -0.385 e. The largest absolute Gasteiger partial charge is 0.385 e. The predicted molar refractivity (Wildman–Crippen MR) is 120 cm³/mol. The van der Waals surface area contributed by atoms with Crippen LogP contribution in [0.15, 0.2) is 29.3 Å². The lowest BCUT2D eigenvalue weighted by molar-refractivity contribution is -0.118. The van der Waals surface area contributed by atoms with Crippen molar-refractivity contribution in [3.05, 3.63) is 29.8 Å². The third-order valence-electron chi connectivity index (χ3n) is 5.03. The lowest BCUT2D eigenvalue weighted by atomic mass is 10.2. The fraction of sp³-hybridized carbons (Fsp3) is 0.636. The van der Waals surface area contributed by atoms with Crippen molar-refractivity contribution in [3.8, 4) is 0 Å². The van der Waals surface area contributed by atoms with Crippen molar-refractivity contribution in [2.24, 2.45) is 4.99 Å². The maximum absolute atomic E-state index is 12.6. The number of anilines is 1. The molecule has 0 saturated heterocycles. The van der Waals surface area contributed by atoms with E-state index in [4.69, 9.17) is 4.74 Å². The summed E-state index contributed by atoms with van der Waals surface area (Å²) in [5.74, 6) is 1.01. The standard InChI is InChI=1S/C22H37N5O2/c1-4-23-22(25-14-17-26(2)15-8-18-29-3)24-13-7-11-21(28)27-16-12-19-9-5-6-10-20(19)27/h5-6,9-10H,4,7-8,11-18H2,1-3H3,(H2,23,24,25). The van der Waals surface area contributed by atoms with Gasteiger partial charge in [0.2, 0.25) is 5.91 Å². The summed E-state index contributed by atoms with van der Waals surface area (Å²) in [5, 5.41) is 6.64. The van der Waals surface area contributed by atoms with Crippen LogP contribution < -0.4 is 15.5 Å². The quantitative estimate of drug-likeness (QED) is 0.317. The molecule has 2 N–H and O–H groups in total. The van der Waals surface area contributed by atoms with Gasteiger partial charge in [-0.3, -0.25) is 9.79 Å². The van der Waals surface area contributed by atoms with Crippen molar-refractivity contribution >= 4 is 17.6 Å². The van der Waals surface area contributed by atoms with E-state index in [9.17, 15) is 4.79 Å². The second kappa shape index (κ2) is 13.2. The van der Waals surface area contributed by atoms with Crippen LogP contribution in [0.25, 0.3) is 0 Å². The Labute approximate surface area is 175 Å². The van der Waals surface area contributed by atoms with Gasteiger partial charge in [0, 0.05) is 65.1 Å². The van der Waals surface area contributed by atoms with Crippen molar-refractivity contribution in [2.45, 2.75) is 32.6 Å². The molecule has 0 bridgehead atoms. The molecular weight excluding hydrogens is 366 g/mol. The highest BCUT2D eigenvalue weighted by Gasteiger charge is 2.23. The predicted octanol–water partition coefficient (Wildman–Crippen LogP) is 1.88. The van der Waals surface area contributed by atoms with Crippen LogP contribution in [0.1, 0.15) is 31.7 Å². The van der Waals surface area contributed by atoms with Crippen molar-refractivity contribution in [2.75, 3.05) is 64.9 Å². The molecule has 1 aromatic rings. The Balaban J connectivity index is 1.68. The summed E-state index contributed by atoms with van der Waals surface area (Å²) < 4.78 is 5.09. The van der Waals surface area contributed by atoms with Crippen LogP contribution in [0.3, 0.4) is 0 Å². The van der Waals surface area contributed by atoms with Gasteiger partial charge in [-0.2, -0.15) is 0 Å². The number of aliphatic imine (C=N–C) groups is 1. The fourth-order valence-corrected chi connectivity index (χ4v) is 3.45. The van der Waals surface area contributed by atoms with E-state index in [1.807, 2.05) is 23.1 Å². The van der Waals surface area contributed by atoms with Gasteiger partial charge in [-0.05, 0) is 44.9 Å². The zero-order valence-electron chi connectivity index (χ0n) is 18.2. The summed E-state index contributed by atoms with van der Waals surface area (Å²) in [5.41, 5.74) is 2.34. The molecule has 1 amide bonds. The molecule has 0 aromatic heterocycles. The molecular formula is C22H37N5O2. The van der Waals surface area contributed by atoms with Gasteiger partial charge in [0.25, 0.3) is 0 Å². The number of nitrogens with zero attached hydrogens (tertiary/aromatic N) is 3. The Morgan fingerprint density at radius 3 is 2.86 bits per heavy atom. The van der Waals surface area contributed by atoms with E-state index in [0.29, 0.717) is 13.0 Å². The van der Waals surface area contributed by atoms with E-state index in [-0.39, 0.29) is 5.91 Å². The van der Waals surface area contributed by atoms with Gasteiger partial charge in [-0.15, -0.1) is 0 Å². The summed E-state index contributed by atoms with van der Waals surface area (Å²) in [7, 11) is 3.85. The fourth-order valence-electron chi connectivity index (χ4n) is 3.45. The summed E-state index contributed by atoms with van der Waals surface area (Å²) in [6.07, 6.45) is 3.27. The smallest absolute Gasteiger partial charge is 0.227 e. The van der Waals surface area contributed by atoms with E-state index < -0.39 is 0 Å². The van der Waals surface area contributed by atoms with Crippen LogP contribution >= 0.6 is 0 Å². The van der Waals surface area contributed by atoms with Gasteiger partial charge in [0.1, 0.15) is 0 Å². The van der Waals surface area contributed by atoms with Crippen LogP contribution in [-0.4, -0.2) is 76.8 Å². The van der Waals surface area contributed by atoms with Gasteiger partial charge in [0.15, 0.2) is 5.96 Å². The molecule has 2 rings (SSSR count). The average molecular weight is 404 g/mol. The molecule has 0 atom stereocenters. The number of carbonyl (C=O) groups is 1. The van der Waals surface area contributed by atoms with Crippen molar-refractivity contribution in [3.63, 3.8) is 0 Å².